The number of anilines is 1. The number of nitrogens with zero attached hydrogens (tertiary/aromatic N) is 1. The maximum Gasteiger partial charge on any atom is 0.264 e. The van der Waals surface area contributed by atoms with Crippen LogP contribution in [0, 0.1) is 5.92 Å². The third-order valence-electron chi connectivity index (χ3n) is 5.47. The molecule has 0 bridgehead atoms. The van der Waals surface area contributed by atoms with E-state index in [1.165, 1.54) is 11.8 Å². The SMILES string of the molecule is C[C@@H](CNC(=O)c1ccc2c(c1)N(C)C(=O)/C(=C\c1ccccc1Cl)S2)CSc1ccc(Cl)cc1. The molecule has 4 nitrogen and oxygen atoms in total. The van der Waals surface area contributed by atoms with Gasteiger partial charge in [-0.1, -0.05) is 60.1 Å². The number of rotatable bonds is 7. The highest BCUT2D eigenvalue weighted by Gasteiger charge is 2.27. The number of hydrogen-bond acceptors (Lipinski definition) is 4. The molecule has 3 aromatic carbocycles. The molecule has 1 heterocycles. The first-order valence-electron chi connectivity index (χ1n) is 11.0. The Morgan fingerprint density at radius 1 is 1.11 bits per heavy atom. The fourth-order valence-electron chi connectivity index (χ4n) is 3.47. The van der Waals surface area contributed by atoms with E-state index in [0.717, 1.165) is 31.8 Å². The lowest BCUT2D eigenvalue weighted by molar-refractivity contribution is -0.114. The van der Waals surface area contributed by atoms with Crippen LogP contribution in [0.1, 0.15) is 22.8 Å². The molecule has 8 heteroatoms. The normalized spacial score (nSPS) is 15.1. The maximum absolute atomic E-state index is 13.0. The summed E-state index contributed by atoms with van der Waals surface area (Å²) >= 11 is 15.3. The standard InChI is InChI=1S/C27H24Cl2N2O2S2/c1-17(16-34-21-10-8-20(28)9-11-21)15-30-26(32)19-7-12-24-23(13-19)31(2)27(33)25(35-24)14-18-5-3-4-6-22(18)29/h3-14,17H,15-16H2,1-2H3,(H,30,32)/b25-14+/t17-/m0/s1. The zero-order valence-electron chi connectivity index (χ0n) is 19.3. The minimum absolute atomic E-state index is 0.132. The van der Waals surface area contributed by atoms with Crippen molar-refractivity contribution in [3.05, 3.63) is 92.8 Å². The number of carbonyl (C=O) groups excluding carboxylic acids is 2. The van der Waals surface area contributed by atoms with E-state index < -0.39 is 0 Å². The van der Waals surface area contributed by atoms with Gasteiger partial charge in [0.15, 0.2) is 0 Å². The van der Waals surface area contributed by atoms with Crippen LogP contribution in [-0.2, 0) is 4.79 Å². The van der Waals surface area contributed by atoms with Crippen molar-refractivity contribution < 1.29 is 9.59 Å². The molecule has 35 heavy (non-hydrogen) atoms. The molecule has 0 saturated carbocycles. The van der Waals surface area contributed by atoms with Crippen LogP contribution in [0.2, 0.25) is 10.0 Å². The van der Waals surface area contributed by atoms with Gasteiger partial charge in [0.2, 0.25) is 0 Å². The summed E-state index contributed by atoms with van der Waals surface area (Å²) in [6.07, 6.45) is 1.80. The van der Waals surface area contributed by atoms with Gasteiger partial charge in [0.1, 0.15) is 0 Å². The van der Waals surface area contributed by atoms with Gasteiger partial charge in [0.25, 0.3) is 11.8 Å². The van der Waals surface area contributed by atoms with E-state index in [1.54, 1.807) is 48.0 Å². The topological polar surface area (TPSA) is 49.4 Å². The van der Waals surface area contributed by atoms with Gasteiger partial charge in [-0.05, 0) is 66.1 Å². The molecule has 0 spiro atoms. The Morgan fingerprint density at radius 2 is 1.86 bits per heavy atom. The average Bonchev–Trinajstić information content (AvgIpc) is 2.86. The van der Waals surface area contributed by atoms with Gasteiger partial charge in [-0.25, -0.2) is 0 Å². The Bertz CT molecular complexity index is 1280. The third-order valence-corrected chi connectivity index (χ3v) is 8.48. The van der Waals surface area contributed by atoms with E-state index in [9.17, 15) is 9.59 Å². The summed E-state index contributed by atoms with van der Waals surface area (Å²) < 4.78 is 0. The summed E-state index contributed by atoms with van der Waals surface area (Å²) in [5.41, 5.74) is 2.04. The maximum atomic E-state index is 13.0. The van der Waals surface area contributed by atoms with Crippen LogP contribution in [0.4, 0.5) is 5.69 Å². The van der Waals surface area contributed by atoms with Crippen molar-refractivity contribution in [2.24, 2.45) is 5.92 Å². The molecule has 1 aliphatic rings. The van der Waals surface area contributed by atoms with E-state index in [0.29, 0.717) is 22.0 Å². The Labute approximate surface area is 224 Å². The van der Waals surface area contributed by atoms with Gasteiger partial charge in [-0.15, -0.1) is 11.8 Å². The van der Waals surface area contributed by atoms with Crippen LogP contribution in [0.25, 0.3) is 6.08 Å². The van der Waals surface area contributed by atoms with Crippen LogP contribution in [0.15, 0.2) is 81.4 Å². The lowest BCUT2D eigenvalue weighted by Crippen LogP contribution is -2.32. The molecule has 0 unspecified atom stereocenters. The molecule has 0 aliphatic carbocycles. The molecule has 0 saturated heterocycles. The number of nitrogens with one attached hydrogen (secondary N) is 1. The molecule has 1 N–H and O–H groups in total. The Morgan fingerprint density at radius 3 is 2.60 bits per heavy atom. The van der Waals surface area contributed by atoms with Gasteiger partial charge >= 0.3 is 0 Å². The van der Waals surface area contributed by atoms with Gasteiger partial charge in [-0.2, -0.15) is 0 Å². The third kappa shape index (κ3) is 6.44. The summed E-state index contributed by atoms with van der Waals surface area (Å²) in [6, 6.07) is 20.6. The number of thioether (sulfide) groups is 2. The van der Waals surface area contributed by atoms with Crippen molar-refractivity contribution in [3.8, 4) is 0 Å². The Kier molecular flexibility index (Phi) is 8.50. The summed E-state index contributed by atoms with van der Waals surface area (Å²) in [5.74, 6) is 0.877. The second-order valence-electron chi connectivity index (χ2n) is 8.26. The number of hydrogen-bond donors (Lipinski definition) is 1. The molecule has 0 radical (unpaired) electrons. The van der Waals surface area contributed by atoms with E-state index in [-0.39, 0.29) is 17.7 Å². The fraction of sp³-hybridized carbons (Fsp3) is 0.185. The van der Waals surface area contributed by atoms with Crippen molar-refractivity contribution in [3.63, 3.8) is 0 Å². The molecule has 0 aromatic heterocycles. The lowest BCUT2D eigenvalue weighted by Gasteiger charge is -2.27. The lowest BCUT2D eigenvalue weighted by atomic mass is 10.1. The largest absolute Gasteiger partial charge is 0.352 e. The monoisotopic (exact) mass is 542 g/mol. The van der Waals surface area contributed by atoms with Gasteiger partial charge < -0.3 is 10.2 Å². The van der Waals surface area contributed by atoms with Crippen LogP contribution >= 0.6 is 46.7 Å². The van der Waals surface area contributed by atoms with E-state index >= 15 is 0 Å². The molecule has 4 rings (SSSR count). The van der Waals surface area contributed by atoms with Gasteiger partial charge in [-0.3, -0.25) is 9.59 Å². The number of amides is 2. The first kappa shape index (κ1) is 25.7. The minimum Gasteiger partial charge on any atom is -0.352 e. The van der Waals surface area contributed by atoms with Gasteiger partial charge in [0.05, 0.1) is 10.6 Å². The second kappa shape index (κ2) is 11.6. The zero-order valence-corrected chi connectivity index (χ0v) is 22.4. The number of fused-ring (bicyclic) bond motifs is 1. The Balaban J connectivity index is 1.39. The highest BCUT2D eigenvalue weighted by Crippen LogP contribution is 2.42. The molecular weight excluding hydrogens is 519 g/mol. The number of benzene rings is 3. The average molecular weight is 544 g/mol. The van der Waals surface area contributed by atoms with Gasteiger partial charge in [0, 0.05) is 44.7 Å². The van der Waals surface area contributed by atoms with E-state index in [1.807, 2.05) is 48.5 Å². The fourth-order valence-corrected chi connectivity index (χ4v) is 5.79. The van der Waals surface area contributed by atoms with E-state index in [4.69, 9.17) is 23.2 Å². The summed E-state index contributed by atoms with van der Waals surface area (Å²) in [6.45, 7) is 2.66. The highest BCUT2D eigenvalue weighted by molar-refractivity contribution is 8.04. The highest BCUT2D eigenvalue weighted by atomic mass is 35.5. The van der Waals surface area contributed by atoms with Crippen molar-refractivity contribution in [1.29, 1.82) is 0 Å². The quantitative estimate of drug-likeness (QED) is 0.252. The summed E-state index contributed by atoms with van der Waals surface area (Å²) in [4.78, 5) is 30.0. The molecule has 3 aromatic rings. The molecular formula is C27H24Cl2N2O2S2. The van der Waals surface area contributed by atoms with Crippen LogP contribution in [0.3, 0.4) is 0 Å². The first-order chi connectivity index (χ1) is 16.8. The van der Waals surface area contributed by atoms with Crippen molar-refractivity contribution >= 4 is 70.3 Å². The zero-order chi connectivity index (χ0) is 24.9. The number of halogens is 2. The van der Waals surface area contributed by atoms with Crippen LogP contribution in [-0.4, -0.2) is 31.2 Å². The van der Waals surface area contributed by atoms with E-state index in [2.05, 4.69) is 12.2 Å². The van der Waals surface area contributed by atoms with Crippen molar-refractivity contribution in [2.45, 2.75) is 16.7 Å². The first-order valence-corrected chi connectivity index (χ1v) is 13.6. The molecule has 1 atom stereocenters. The smallest absolute Gasteiger partial charge is 0.264 e. The number of likely N-dealkylation sites (N-methyl/N-ethyl adjacent to an activating group) is 1. The molecule has 0 fully saturated rings. The molecule has 180 valence electrons. The predicted molar refractivity (Wildman–Crippen MR) is 149 cm³/mol. The van der Waals surface area contributed by atoms with Crippen molar-refractivity contribution in [2.75, 3.05) is 24.2 Å². The molecule has 1 aliphatic heterocycles. The molecule has 2 amide bonds. The summed E-state index contributed by atoms with van der Waals surface area (Å²) in [7, 11) is 1.72. The van der Waals surface area contributed by atoms with Crippen LogP contribution in [0.5, 0.6) is 0 Å². The van der Waals surface area contributed by atoms with Crippen molar-refractivity contribution in [1.82, 2.24) is 5.32 Å². The van der Waals surface area contributed by atoms with Crippen LogP contribution < -0.4 is 10.2 Å². The Hall–Kier alpha value is -2.38. The summed E-state index contributed by atoms with van der Waals surface area (Å²) in [5, 5.41) is 4.33. The second-order valence-corrected chi connectivity index (χ2v) is 11.3. The minimum atomic E-state index is -0.153. The predicted octanol–water partition coefficient (Wildman–Crippen LogP) is 7.26. The number of carbonyl (C=O) groups is 2.